The van der Waals surface area contributed by atoms with E-state index in [1.54, 1.807) is 11.9 Å². The Morgan fingerprint density at radius 2 is 2.27 bits per heavy atom. The molecule has 0 unspecified atom stereocenters. The molecule has 0 saturated heterocycles. The highest BCUT2D eigenvalue weighted by molar-refractivity contribution is 7.99. The highest BCUT2D eigenvalue weighted by atomic mass is 32.2. The monoisotopic (exact) mass is 177 g/mol. The van der Waals surface area contributed by atoms with Gasteiger partial charge in [0.25, 0.3) is 0 Å². The number of carbonyl (C=O) groups excluding carboxylic acids is 1. The molecule has 1 amide bonds. The zero-order valence-electron chi connectivity index (χ0n) is 7.04. The average molecular weight is 177 g/mol. The minimum absolute atomic E-state index is 0.131. The second kappa shape index (κ2) is 6.49. The van der Waals surface area contributed by atoms with Crippen LogP contribution < -0.4 is 0 Å². The highest BCUT2D eigenvalue weighted by Crippen LogP contribution is 1.99. The van der Waals surface area contributed by atoms with E-state index in [2.05, 4.69) is 0 Å². The van der Waals surface area contributed by atoms with Crippen molar-refractivity contribution in [3.8, 4) is 0 Å². The predicted molar refractivity (Wildman–Crippen MR) is 47.7 cm³/mol. The van der Waals surface area contributed by atoms with Crippen LogP contribution in [0.2, 0.25) is 0 Å². The molecule has 0 aliphatic heterocycles. The van der Waals surface area contributed by atoms with Crippen LogP contribution in [0.4, 0.5) is 0 Å². The first-order valence-corrected chi connectivity index (χ1v) is 4.80. The van der Waals surface area contributed by atoms with Gasteiger partial charge in [0.1, 0.15) is 0 Å². The summed E-state index contributed by atoms with van der Waals surface area (Å²) in [6.45, 7) is 2.83. The van der Waals surface area contributed by atoms with Crippen molar-refractivity contribution in [2.45, 2.75) is 6.92 Å². The lowest BCUT2D eigenvalue weighted by Crippen LogP contribution is -2.27. The van der Waals surface area contributed by atoms with Crippen LogP contribution in [0.3, 0.4) is 0 Å². The molecule has 0 aromatic carbocycles. The molecule has 0 fully saturated rings. The van der Waals surface area contributed by atoms with Crippen molar-refractivity contribution in [3.63, 3.8) is 0 Å². The van der Waals surface area contributed by atoms with Crippen LogP contribution in [0.25, 0.3) is 0 Å². The zero-order chi connectivity index (χ0) is 8.69. The summed E-state index contributed by atoms with van der Waals surface area (Å²) >= 11 is 1.46. The third-order valence-electron chi connectivity index (χ3n) is 1.36. The molecule has 0 rings (SSSR count). The number of rotatable bonds is 5. The second-order valence-corrected chi connectivity index (χ2v) is 3.29. The minimum Gasteiger partial charge on any atom is -0.396 e. The van der Waals surface area contributed by atoms with Crippen LogP contribution in [0.15, 0.2) is 0 Å². The van der Waals surface area contributed by atoms with Crippen molar-refractivity contribution in [1.82, 2.24) is 4.90 Å². The second-order valence-electron chi connectivity index (χ2n) is 2.18. The molecule has 0 spiro atoms. The summed E-state index contributed by atoms with van der Waals surface area (Å²) in [5.74, 6) is 1.25. The summed E-state index contributed by atoms with van der Waals surface area (Å²) in [5.41, 5.74) is 0. The van der Waals surface area contributed by atoms with E-state index >= 15 is 0 Å². The van der Waals surface area contributed by atoms with Gasteiger partial charge in [0.2, 0.25) is 5.91 Å². The molecule has 0 aliphatic rings. The average Bonchev–Trinajstić information content (AvgIpc) is 2.03. The first-order valence-electron chi connectivity index (χ1n) is 3.65. The lowest BCUT2D eigenvalue weighted by Gasteiger charge is -2.13. The molecule has 3 nitrogen and oxygen atoms in total. The summed E-state index contributed by atoms with van der Waals surface area (Å²) < 4.78 is 0. The molecule has 66 valence electrons. The van der Waals surface area contributed by atoms with Gasteiger partial charge < -0.3 is 10.0 Å². The number of nitrogens with zero attached hydrogens (tertiary/aromatic N) is 1. The van der Waals surface area contributed by atoms with Gasteiger partial charge >= 0.3 is 0 Å². The van der Waals surface area contributed by atoms with Crippen LogP contribution in [0.1, 0.15) is 6.92 Å². The van der Waals surface area contributed by atoms with Gasteiger partial charge in [-0.25, -0.2) is 0 Å². The smallest absolute Gasteiger partial charge is 0.232 e. The highest BCUT2D eigenvalue weighted by Gasteiger charge is 2.04. The van der Waals surface area contributed by atoms with Crippen LogP contribution in [0.5, 0.6) is 0 Å². The lowest BCUT2D eigenvalue weighted by molar-refractivity contribution is -0.126. The maximum Gasteiger partial charge on any atom is 0.232 e. The van der Waals surface area contributed by atoms with Gasteiger partial charge in [-0.3, -0.25) is 4.79 Å². The fourth-order valence-electron chi connectivity index (χ4n) is 0.511. The van der Waals surface area contributed by atoms with Crippen LogP contribution >= 0.6 is 11.8 Å². The SMILES string of the molecule is CCN(C)C(=O)CSCCO. The fourth-order valence-corrected chi connectivity index (χ4v) is 1.18. The van der Waals surface area contributed by atoms with Crippen molar-refractivity contribution in [1.29, 1.82) is 0 Å². The van der Waals surface area contributed by atoms with Crippen molar-refractivity contribution in [2.75, 3.05) is 31.7 Å². The Hall–Kier alpha value is -0.220. The molecule has 0 heterocycles. The van der Waals surface area contributed by atoms with Gasteiger partial charge in [-0.1, -0.05) is 0 Å². The van der Waals surface area contributed by atoms with Gasteiger partial charge in [0, 0.05) is 19.3 Å². The molecule has 11 heavy (non-hydrogen) atoms. The third-order valence-corrected chi connectivity index (χ3v) is 2.28. The molecule has 4 heteroatoms. The van der Waals surface area contributed by atoms with E-state index < -0.39 is 0 Å². The summed E-state index contributed by atoms with van der Waals surface area (Å²) in [4.78, 5) is 12.7. The standard InChI is InChI=1S/C7H15NO2S/c1-3-8(2)7(10)6-11-5-4-9/h9H,3-6H2,1-2H3. The van der Waals surface area contributed by atoms with Crippen LogP contribution in [-0.4, -0.2) is 47.6 Å². The number of aliphatic hydroxyl groups excluding tert-OH is 1. The maximum absolute atomic E-state index is 11.1. The van der Waals surface area contributed by atoms with Crippen LogP contribution in [0, 0.1) is 0 Å². The van der Waals surface area contributed by atoms with Crippen molar-refractivity contribution in [3.05, 3.63) is 0 Å². The maximum atomic E-state index is 11.1. The van der Waals surface area contributed by atoms with E-state index in [-0.39, 0.29) is 12.5 Å². The Morgan fingerprint density at radius 3 is 2.73 bits per heavy atom. The molecule has 0 aliphatic carbocycles. The molecular weight excluding hydrogens is 162 g/mol. The van der Waals surface area contributed by atoms with E-state index in [4.69, 9.17) is 5.11 Å². The Bertz CT molecular complexity index is 119. The van der Waals surface area contributed by atoms with Crippen molar-refractivity contribution in [2.24, 2.45) is 0 Å². The summed E-state index contributed by atoms with van der Waals surface area (Å²) in [6, 6.07) is 0. The van der Waals surface area contributed by atoms with E-state index in [1.165, 1.54) is 11.8 Å². The van der Waals surface area contributed by atoms with E-state index in [1.807, 2.05) is 6.92 Å². The summed E-state index contributed by atoms with van der Waals surface area (Å²) in [6.07, 6.45) is 0. The molecular formula is C7H15NO2S. The molecule has 0 atom stereocenters. The van der Waals surface area contributed by atoms with Gasteiger partial charge in [0.15, 0.2) is 0 Å². The number of amides is 1. The van der Waals surface area contributed by atoms with Gasteiger partial charge in [0.05, 0.1) is 12.4 Å². The lowest BCUT2D eigenvalue weighted by atomic mass is 10.5. The normalized spacial score (nSPS) is 9.73. The number of hydrogen-bond acceptors (Lipinski definition) is 3. The first-order chi connectivity index (χ1) is 5.22. The molecule has 0 radical (unpaired) electrons. The Morgan fingerprint density at radius 1 is 1.64 bits per heavy atom. The Balaban J connectivity index is 3.36. The van der Waals surface area contributed by atoms with Gasteiger partial charge in [-0.2, -0.15) is 0 Å². The van der Waals surface area contributed by atoms with E-state index in [0.717, 1.165) is 6.54 Å². The van der Waals surface area contributed by atoms with Crippen molar-refractivity contribution >= 4 is 17.7 Å². The molecule has 0 aromatic heterocycles. The summed E-state index contributed by atoms with van der Waals surface area (Å²) in [5, 5.41) is 8.43. The first kappa shape index (κ1) is 10.8. The zero-order valence-corrected chi connectivity index (χ0v) is 7.86. The molecule has 1 N–H and O–H groups in total. The number of carbonyl (C=O) groups is 1. The predicted octanol–water partition coefficient (Wildman–Crippen LogP) is 0.190. The Labute approximate surface area is 71.8 Å². The largest absolute Gasteiger partial charge is 0.396 e. The van der Waals surface area contributed by atoms with Crippen molar-refractivity contribution < 1.29 is 9.90 Å². The van der Waals surface area contributed by atoms with E-state index in [0.29, 0.717) is 11.5 Å². The minimum atomic E-state index is 0.131. The third kappa shape index (κ3) is 5.09. The Kier molecular flexibility index (Phi) is 6.36. The molecule has 0 aromatic rings. The summed E-state index contributed by atoms with van der Waals surface area (Å²) in [7, 11) is 1.78. The number of hydrogen-bond donors (Lipinski definition) is 1. The van der Waals surface area contributed by atoms with Gasteiger partial charge in [-0.05, 0) is 6.92 Å². The van der Waals surface area contributed by atoms with E-state index in [9.17, 15) is 4.79 Å². The van der Waals surface area contributed by atoms with Crippen LogP contribution in [-0.2, 0) is 4.79 Å². The molecule has 0 saturated carbocycles. The number of aliphatic hydroxyl groups is 1. The van der Waals surface area contributed by atoms with Gasteiger partial charge in [-0.15, -0.1) is 11.8 Å². The quantitative estimate of drug-likeness (QED) is 0.609. The number of thioether (sulfide) groups is 1. The fraction of sp³-hybridized carbons (Fsp3) is 0.857. The topological polar surface area (TPSA) is 40.5 Å². The molecule has 0 bridgehead atoms.